The van der Waals surface area contributed by atoms with Gasteiger partial charge in [0.2, 0.25) is 0 Å². The highest BCUT2D eigenvalue weighted by atomic mass is 32.2. The number of rotatable bonds is 7. The van der Waals surface area contributed by atoms with Gasteiger partial charge in [-0.15, -0.1) is 0 Å². The molecule has 0 spiro atoms. The van der Waals surface area contributed by atoms with Crippen LogP contribution in [0.1, 0.15) is 5.56 Å². The third-order valence-electron chi connectivity index (χ3n) is 4.30. The first-order chi connectivity index (χ1) is 12.9. The number of halogens is 1. The lowest BCUT2D eigenvalue weighted by Crippen LogP contribution is -2.39. The minimum Gasteiger partial charge on any atom is -0.383 e. The van der Waals surface area contributed by atoms with Gasteiger partial charge in [0.05, 0.1) is 30.0 Å². The van der Waals surface area contributed by atoms with Crippen molar-refractivity contribution < 1.29 is 17.5 Å². The molecule has 1 aliphatic rings. The van der Waals surface area contributed by atoms with Gasteiger partial charge in [-0.25, -0.2) is 17.8 Å². The molecule has 1 aromatic heterocycles. The number of hydrogen-bond acceptors (Lipinski definition) is 6. The summed E-state index contributed by atoms with van der Waals surface area (Å²) in [5, 5.41) is 3.26. The lowest BCUT2D eigenvalue weighted by atomic mass is 10.2. The van der Waals surface area contributed by atoms with Crippen LogP contribution in [-0.4, -0.2) is 57.7 Å². The van der Waals surface area contributed by atoms with Crippen LogP contribution in [0, 0.1) is 12.7 Å². The summed E-state index contributed by atoms with van der Waals surface area (Å²) in [6.07, 6.45) is 1.58. The Hall–Kier alpha value is -2.23. The molecule has 2 N–H and O–H groups in total. The Morgan fingerprint density at radius 3 is 2.67 bits per heavy atom. The van der Waals surface area contributed by atoms with Crippen LogP contribution in [0.2, 0.25) is 0 Å². The van der Waals surface area contributed by atoms with Crippen molar-refractivity contribution in [3.63, 3.8) is 0 Å². The van der Waals surface area contributed by atoms with Crippen LogP contribution >= 0.6 is 0 Å². The monoisotopic (exact) mass is 394 g/mol. The number of ether oxygens (including phenoxy) is 1. The lowest BCUT2D eigenvalue weighted by Gasteiger charge is -2.26. The number of nitrogens with one attached hydrogen (secondary N) is 2. The van der Waals surface area contributed by atoms with Crippen molar-refractivity contribution in [1.82, 2.24) is 9.88 Å². The fourth-order valence-corrected chi connectivity index (χ4v) is 3.82. The van der Waals surface area contributed by atoms with Crippen LogP contribution in [0.5, 0.6) is 0 Å². The Bertz CT molecular complexity index is 869. The highest BCUT2D eigenvalue weighted by Gasteiger charge is 2.16. The molecule has 0 bridgehead atoms. The van der Waals surface area contributed by atoms with Gasteiger partial charge in [-0.2, -0.15) is 0 Å². The van der Waals surface area contributed by atoms with Gasteiger partial charge < -0.3 is 10.1 Å². The van der Waals surface area contributed by atoms with E-state index in [9.17, 15) is 12.8 Å². The van der Waals surface area contributed by atoms with Gasteiger partial charge in [0.1, 0.15) is 11.6 Å². The van der Waals surface area contributed by atoms with E-state index >= 15 is 0 Å². The number of pyridine rings is 1. The maximum absolute atomic E-state index is 13.3. The molecule has 27 heavy (non-hydrogen) atoms. The van der Waals surface area contributed by atoms with Crippen LogP contribution < -0.4 is 10.0 Å². The predicted octanol–water partition coefficient (Wildman–Crippen LogP) is 2.07. The van der Waals surface area contributed by atoms with Crippen LogP contribution in [0.15, 0.2) is 41.4 Å². The molecule has 2 aromatic rings. The lowest BCUT2D eigenvalue weighted by molar-refractivity contribution is 0.0398. The van der Waals surface area contributed by atoms with Crippen LogP contribution in [0.3, 0.4) is 0 Å². The Morgan fingerprint density at radius 1 is 1.22 bits per heavy atom. The van der Waals surface area contributed by atoms with E-state index in [-0.39, 0.29) is 16.3 Å². The number of benzene rings is 1. The summed E-state index contributed by atoms with van der Waals surface area (Å²) >= 11 is 0. The normalized spacial score (nSPS) is 15.5. The molecule has 1 fully saturated rings. The maximum atomic E-state index is 13.3. The van der Waals surface area contributed by atoms with E-state index in [1.807, 2.05) is 0 Å². The zero-order valence-corrected chi connectivity index (χ0v) is 15.9. The van der Waals surface area contributed by atoms with E-state index < -0.39 is 15.8 Å². The highest BCUT2D eigenvalue weighted by Crippen LogP contribution is 2.18. The molecule has 7 nitrogen and oxygen atoms in total. The second-order valence-corrected chi connectivity index (χ2v) is 8.01. The van der Waals surface area contributed by atoms with E-state index in [2.05, 4.69) is 19.9 Å². The molecule has 1 aliphatic heterocycles. The van der Waals surface area contributed by atoms with Crippen LogP contribution in [0.25, 0.3) is 0 Å². The van der Waals surface area contributed by atoms with E-state index in [0.717, 1.165) is 51.1 Å². The molecule has 146 valence electrons. The number of aryl methyl sites for hydroxylation is 1. The number of anilines is 2. The number of nitrogens with zero attached hydrogens (tertiary/aromatic N) is 2. The van der Waals surface area contributed by atoms with E-state index in [4.69, 9.17) is 4.74 Å². The first kappa shape index (κ1) is 19.5. The first-order valence-corrected chi connectivity index (χ1v) is 10.2. The first-order valence-electron chi connectivity index (χ1n) is 8.73. The molecule has 0 unspecified atom stereocenters. The van der Waals surface area contributed by atoms with E-state index in [1.165, 1.54) is 19.1 Å². The van der Waals surface area contributed by atoms with E-state index in [1.54, 1.807) is 18.3 Å². The topological polar surface area (TPSA) is 83.6 Å². The molecule has 0 radical (unpaired) electrons. The molecule has 0 saturated carbocycles. The summed E-state index contributed by atoms with van der Waals surface area (Å²) in [7, 11) is -3.81. The van der Waals surface area contributed by atoms with Gasteiger partial charge in [-0.3, -0.25) is 9.62 Å². The largest absolute Gasteiger partial charge is 0.383 e. The van der Waals surface area contributed by atoms with Crippen molar-refractivity contribution in [3.8, 4) is 0 Å². The van der Waals surface area contributed by atoms with Crippen molar-refractivity contribution in [2.45, 2.75) is 11.8 Å². The van der Waals surface area contributed by atoms with Gasteiger partial charge in [0, 0.05) is 26.2 Å². The van der Waals surface area contributed by atoms with Crippen molar-refractivity contribution in [2.24, 2.45) is 0 Å². The molecule has 3 rings (SSSR count). The maximum Gasteiger partial charge on any atom is 0.263 e. The van der Waals surface area contributed by atoms with Crippen molar-refractivity contribution in [1.29, 1.82) is 0 Å². The molecular weight excluding hydrogens is 371 g/mol. The number of hydrogen-bond donors (Lipinski definition) is 2. The molecule has 2 heterocycles. The van der Waals surface area contributed by atoms with Crippen molar-refractivity contribution in [2.75, 3.05) is 49.4 Å². The Labute approximate surface area is 158 Å². The summed E-state index contributed by atoms with van der Waals surface area (Å²) in [6.45, 7) is 6.59. The summed E-state index contributed by atoms with van der Waals surface area (Å²) in [4.78, 5) is 6.45. The zero-order valence-electron chi connectivity index (χ0n) is 15.1. The molecular formula is C18H23FN4O3S. The molecule has 9 heteroatoms. The molecule has 0 amide bonds. The standard InChI is InChI=1S/C18H23FN4O3S/c1-14-12-16(3-4-17(14)19)27(24,25)22-18-5-2-15(13-21-18)20-6-7-23-8-10-26-11-9-23/h2-5,12-13,20H,6-11H2,1H3,(H,21,22). The minimum absolute atomic E-state index is 0.00378. The SMILES string of the molecule is Cc1cc(S(=O)(=O)Nc2ccc(NCCN3CCOCC3)cn2)ccc1F. The van der Waals surface area contributed by atoms with Gasteiger partial charge in [-0.1, -0.05) is 0 Å². The average Bonchev–Trinajstić information content (AvgIpc) is 2.66. The molecule has 1 saturated heterocycles. The smallest absolute Gasteiger partial charge is 0.263 e. The highest BCUT2D eigenvalue weighted by molar-refractivity contribution is 7.92. The van der Waals surface area contributed by atoms with Gasteiger partial charge in [0.15, 0.2) is 0 Å². The van der Waals surface area contributed by atoms with Crippen molar-refractivity contribution in [3.05, 3.63) is 47.9 Å². The number of aromatic nitrogens is 1. The van der Waals surface area contributed by atoms with Gasteiger partial charge in [0.25, 0.3) is 10.0 Å². The second-order valence-electron chi connectivity index (χ2n) is 6.33. The zero-order chi connectivity index (χ0) is 19.3. The van der Waals surface area contributed by atoms with Crippen LogP contribution in [0.4, 0.5) is 15.9 Å². The third-order valence-corrected chi connectivity index (χ3v) is 5.66. The third kappa shape index (κ3) is 5.38. The molecule has 0 aliphatic carbocycles. The van der Waals surface area contributed by atoms with Gasteiger partial charge >= 0.3 is 0 Å². The molecule has 1 aromatic carbocycles. The Morgan fingerprint density at radius 2 is 2.00 bits per heavy atom. The molecule has 0 atom stereocenters. The minimum atomic E-state index is -3.81. The Balaban J connectivity index is 1.55. The second kappa shape index (κ2) is 8.64. The average molecular weight is 394 g/mol. The summed E-state index contributed by atoms with van der Waals surface area (Å²) in [6, 6.07) is 7.01. The quantitative estimate of drug-likeness (QED) is 0.748. The summed E-state index contributed by atoms with van der Waals surface area (Å²) in [5.41, 5.74) is 1.08. The van der Waals surface area contributed by atoms with E-state index in [0.29, 0.717) is 0 Å². The van der Waals surface area contributed by atoms with Gasteiger partial charge in [-0.05, 0) is 42.8 Å². The van der Waals surface area contributed by atoms with Crippen molar-refractivity contribution >= 4 is 21.5 Å². The Kier molecular flexibility index (Phi) is 6.25. The van der Waals surface area contributed by atoms with Crippen LogP contribution in [-0.2, 0) is 14.8 Å². The number of morpholine rings is 1. The number of sulfonamides is 1. The fraction of sp³-hybridized carbons (Fsp3) is 0.389. The fourth-order valence-electron chi connectivity index (χ4n) is 2.72. The summed E-state index contributed by atoms with van der Waals surface area (Å²) in [5.74, 6) is -0.240. The predicted molar refractivity (Wildman–Crippen MR) is 102 cm³/mol. The summed E-state index contributed by atoms with van der Waals surface area (Å²) < 4.78 is 45.8.